The lowest BCUT2D eigenvalue weighted by molar-refractivity contribution is -0.126. The molecule has 0 radical (unpaired) electrons. The van der Waals surface area contributed by atoms with Crippen LogP contribution in [-0.2, 0) is 4.79 Å². The molecule has 1 aliphatic heterocycles. The van der Waals surface area contributed by atoms with Gasteiger partial charge in [-0.15, -0.1) is 0 Å². The number of nitrogens with zero attached hydrogens (tertiary/aromatic N) is 1. The molecule has 4 heteroatoms. The van der Waals surface area contributed by atoms with Crippen LogP contribution in [0.1, 0.15) is 58.0 Å². The van der Waals surface area contributed by atoms with Crippen molar-refractivity contribution in [3.05, 3.63) is 64.8 Å². The number of benzene rings is 1. The van der Waals surface area contributed by atoms with Crippen molar-refractivity contribution in [3.63, 3.8) is 0 Å². The van der Waals surface area contributed by atoms with Crippen molar-refractivity contribution in [1.82, 2.24) is 10.2 Å². The highest BCUT2D eigenvalue weighted by Gasteiger charge is 2.22. The molecule has 1 aromatic rings. The van der Waals surface area contributed by atoms with Crippen LogP contribution >= 0.6 is 0 Å². The van der Waals surface area contributed by atoms with E-state index in [9.17, 15) is 4.79 Å². The van der Waals surface area contributed by atoms with Crippen LogP contribution < -0.4 is 10.1 Å². The zero-order chi connectivity index (χ0) is 21.3. The molecule has 0 bridgehead atoms. The van der Waals surface area contributed by atoms with Crippen LogP contribution in [0.25, 0.3) is 0 Å². The third-order valence-electron chi connectivity index (χ3n) is 6.05. The third kappa shape index (κ3) is 5.63. The molecule has 0 saturated heterocycles. The predicted molar refractivity (Wildman–Crippen MR) is 126 cm³/mol. The molecule has 1 heterocycles. The maximum Gasteiger partial charge on any atom is 0.253 e. The zero-order valence-electron chi connectivity index (χ0n) is 18.7. The van der Waals surface area contributed by atoms with E-state index < -0.39 is 0 Å². The van der Waals surface area contributed by atoms with E-state index in [0.29, 0.717) is 12.5 Å². The van der Waals surface area contributed by atoms with Crippen LogP contribution in [0.4, 0.5) is 0 Å². The van der Waals surface area contributed by atoms with Crippen LogP contribution in [0.5, 0.6) is 5.75 Å². The van der Waals surface area contributed by atoms with Crippen molar-refractivity contribution in [2.75, 3.05) is 32.8 Å². The maximum absolute atomic E-state index is 12.8. The quantitative estimate of drug-likeness (QED) is 0.746. The third-order valence-corrected chi connectivity index (χ3v) is 6.05. The highest BCUT2D eigenvalue weighted by molar-refractivity contribution is 5.96. The van der Waals surface area contributed by atoms with E-state index in [1.54, 1.807) is 0 Å². The van der Waals surface area contributed by atoms with Crippen molar-refractivity contribution < 1.29 is 11.0 Å². The van der Waals surface area contributed by atoms with E-state index >= 15 is 0 Å². The number of nitrogens with one attached hydrogen (secondary N) is 1. The summed E-state index contributed by atoms with van der Waals surface area (Å²) in [4.78, 5) is 14.7. The van der Waals surface area contributed by atoms with Gasteiger partial charge in [0.15, 0.2) is 0 Å². The molecule has 1 unspecified atom stereocenters. The molecule has 4 nitrogen and oxygen atoms in total. The van der Waals surface area contributed by atoms with Gasteiger partial charge in [-0.25, -0.2) is 0 Å². The number of carbonyl (C=O) groups excluding carboxylic acids is 1. The number of likely N-dealkylation sites (N-methyl/N-ethyl adjacent to an activating group) is 1. The van der Waals surface area contributed by atoms with Crippen LogP contribution in [-0.4, -0.2) is 43.6 Å². The minimum atomic E-state index is 0. The molecule has 1 N–H and O–H groups in total. The summed E-state index contributed by atoms with van der Waals surface area (Å²) in [7, 11) is 0. The Morgan fingerprint density at radius 3 is 2.83 bits per heavy atom. The molecule has 1 aromatic carbocycles. The van der Waals surface area contributed by atoms with E-state index in [-0.39, 0.29) is 7.33 Å². The second-order valence-electron chi connectivity index (χ2n) is 8.14. The summed E-state index contributed by atoms with van der Waals surface area (Å²) in [6, 6.07) is 6.53. The van der Waals surface area contributed by atoms with Crippen molar-refractivity contribution in [1.29, 1.82) is 0 Å². The van der Waals surface area contributed by atoms with Gasteiger partial charge >= 0.3 is 0 Å². The molecule has 0 saturated carbocycles. The standard InChI is InChI=1S/C26H36N2O2.H2/c1-4-28(5-2)26(29)22-10-8-9-21(13-14-22)23-11-6-7-16-27-17-18-30-25-15-12-20(3)19-24(23)25;/h8,10,12-15,19,23,27H,4-7,9,11,16-18H2,1-3H3;1H. The van der Waals surface area contributed by atoms with Crippen molar-refractivity contribution in [2.45, 2.75) is 52.4 Å². The fourth-order valence-electron chi connectivity index (χ4n) is 4.31. The first-order valence-electron chi connectivity index (χ1n) is 11.4. The van der Waals surface area contributed by atoms with Crippen molar-refractivity contribution in [2.24, 2.45) is 0 Å². The first kappa shape index (κ1) is 22.4. The van der Waals surface area contributed by atoms with Gasteiger partial charge in [0.05, 0.1) is 0 Å². The maximum atomic E-state index is 12.8. The van der Waals surface area contributed by atoms with E-state index in [1.165, 1.54) is 29.5 Å². The minimum Gasteiger partial charge on any atom is -0.492 e. The molecule has 0 aromatic heterocycles. The average Bonchev–Trinajstić information content (AvgIpc) is 3.02. The number of ether oxygens (including phenoxy) is 1. The van der Waals surface area contributed by atoms with Gasteiger partial charge in [0, 0.05) is 38.1 Å². The molecule has 3 rings (SSSR count). The van der Waals surface area contributed by atoms with Crippen molar-refractivity contribution in [3.8, 4) is 5.75 Å². The molecule has 1 amide bonds. The Labute approximate surface area is 183 Å². The van der Waals surface area contributed by atoms with E-state index in [0.717, 1.165) is 50.3 Å². The van der Waals surface area contributed by atoms with E-state index in [4.69, 9.17) is 4.74 Å². The van der Waals surface area contributed by atoms with Gasteiger partial charge in [0.2, 0.25) is 0 Å². The Bertz CT molecular complexity index is 825. The van der Waals surface area contributed by atoms with E-state index in [1.807, 2.05) is 30.9 Å². The number of aryl methyl sites for hydroxylation is 1. The van der Waals surface area contributed by atoms with Crippen LogP contribution in [0.15, 0.2) is 53.6 Å². The Morgan fingerprint density at radius 1 is 1.20 bits per heavy atom. The summed E-state index contributed by atoms with van der Waals surface area (Å²) in [5, 5.41) is 3.47. The topological polar surface area (TPSA) is 41.6 Å². The summed E-state index contributed by atoms with van der Waals surface area (Å²) in [6.45, 7) is 10.3. The lowest BCUT2D eigenvalue weighted by Crippen LogP contribution is -2.31. The first-order valence-corrected chi connectivity index (χ1v) is 11.4. The van der Waals surface area contributed by atoms with Gasteiger partial charge in [-0.3, -0.25) is 4.79 Å². The largest absolute Gasteiger partial charge is 0.492 e. The Hall–Kier alpha value is -2.33. The summed E-state index contributed by atoms with van der Waals surface area (Å²) in [5.74, 6) is 1.41. The fourth-order valence-corrected chi connectivity index (χ4v) is 4.31. The van der Waals surface area contributed by atoms with Gasteiger partial charge in [-0.2, -0.15) is 0 Å². The highest BCUT2D eigenvalue weighted by Crippen LogP contribution is 2.39. The van der Waals surface area contributed by atoms with Crippen molar-refractivity contribution >= 4 is 5.91 Å². The normalized spacial score (nSPS) is 20.0. The number of allylic oxidation sites excluding steroid dienone is 4. The Kier molecular flexibility index (Phi) is 8.32. The van der Waals surface area contributed by atoms with Crippen LogP contribution in [0, 0.1) is 6.92 Å². The number of carbonyl (C=O) groups is 1. The van der Waals surface area contributed by atoms with E-state index in [2.05, 4.69) is 42.6 Å². The lowest BCUT2D eigenvalue weighted by atomic mass is 9.84. The highest BCUT2D eigenvalue weighted by atomic mass is 16.5. The summed E-state index contributed by atoms with van der Waals surface area (Å²) < 4.78 is 6.16. The molecular weight excluding hydrogens is 372 g/mol. The minimum absolute atomic E-state index is 0. The van der Waals surface area contributed by atoms with Crippen LogP contribution in [0.2, 0.25) is 0 Å². The fraction of sp³-hybridized carbons (Fsp3) is 0.500. The van der Waals surface area contributed by atoms with Gasteiger partial charge in [0.25, 0.3) is 5.91 Å². The monoisotopic (exact) mass is 410 g/mol. The molecule has 1 atom stereocenters. The van der Waals surface area contributed by atoms with Gasteiger partial charge in [-0.1, -0.05) is 47.9 Å². The molecule has 1 aliphatic carbocycles. The summed E-state index contributed by atoms with van der Waals surface area (Å²) in [6.07, 6.45) is 12.6. The summed E-state index contributed by atoms with van der Waals surface area (Å²) in [5.41, 5.74) is 4.67. The Balaban J connectivity index is 0.00000341. The van der Waals surface area contributed by atoms with Gasteiger partial charge in [0.1, 0.15) is 12.4 Å². The average molecular weight is 411 g/mol. The molecule has 2 aliphatic rings. The SMILES string of the molecule is CCN(CC)C(=O)C1=CC=C(C2CCCCNCCOc3ccc(C)cc32)CC=C1.[HH]. The number of amides is 1. The molecule has 0 fully saturated rings. The second kappa shape index (κ2) is 11.2. The second-order valence-corrected chi connectivity index (χ2v) is 8.14. The summed E-state index contributed by atoms with van der Waals surface area (Å²) >= 11 is 0. The zero-order valence-corrected chi connectivity index (χ0v) is 18.7. The lowest BCUT2D eigenvalue weighted by Gasteiger charge is -2.23. The molecule has 30 heavy (non-hydrogen) atoms. The molecule has 164 valence electrons. The Morgan fingerprint density at radius 2 is 2.03 bits per heavy atom. The number of fused-ring (bicyclic) bond motifs is 1. The number of hydrogen-bond acceptors (Lipinski definition) is 3. The number of rotatable bonds is 4. The smallest absolute Gasteiger partial charge is 0.253 e. The van der Waals surface area contributed by atoms with Gasteiger partial charge < -0.3 is 15.0 Å². The first-order chi connectivity index (χ1) is 14.6. The number of hydrogen-bond donors (Lipinski definition) is 1. The van der Waals surface area contributed by atoms with Gasteiger partial charge in [-0.05, 0) is 58.7 Å². The molecular formula is C26H38N2O2. The van der Waals surface area contributed by atoms with Crippen LogP contribution in [0.3, 0.4) is 0 Å². The predicted octanol–water partition coefficient (Wildman–Crippen LogP) is 5.16. The molecule has 0 spiro atoms.